The highest BCUT2D eigenvalue weighted by molar-refractivity contribution is 7.92. The lowest BCUT2D eigenvalue weighted by Crippen LogP contribution is -2.57. The number of ether oxygens (including phenoxy) is 1. The van der Waals surface area contributed by atoms with Crippen LogP contribution in [0.5, 0.6) is 5.75 Å². The van der Waals surface area contributed by atoms with Crippen molar-refractivity contribution >= 4 is 15.8 Å². The summed E-state index contributed by atoms with van der Waals surface area (Å²) in [6.45, 7) is 11.7. The van der Waals surface area contributed by atoms with Gasteiger partial charge in [0.05, 0.1) is 23.1 Å². The Bertz CT molecular complexity index is 742. The number of guanidine groups is 1. The van der Waals surface area contributed by atoms with Crippen LogP contribution in [0.1, 0.15) is 40.2 Å². The minimum atomic E-state index is -3.07. The Balaban J connectivity index is 2.15. The van der Waals surface area contributed by atoms with Crippen molar-refractivity contribution in [3.8, 4) is 5.75 Å². The van der Waals surface area contributed by atoms with Crippen LogP contribution in [0.3, 0.4) is 0 Å². The van der Waals surface area contributed by atoms with Crippen molar-refractivity contribution in [2.75, 3.05) is 25.4 Å². The first kappa shape index (κ1) is 20.6. The average molecular weight is 382 g/mol. The third-order valence-corrected chi connectivity index (χ3v) is 6.89. The van der Waals surface area contributed by atoms with Crippen LogP contribution in [-0.4, -0.2) is 55.5 Å². The first-order valence-corrected chi connectivity index (χ1v) is 10.8. The van der Waals surface area contributed by atoms with E-state index in [1.807, 2.05) is 49.9 Å². The highest BCUT2D eigenvalue weighted by Crippen LogP contribution is 2.24. The van der Waals surface area contributed by atoms with E-state index in [2.05, 4.69) is 5.32 Å². The van der Waals surface area contributed by atoms with E-state index in [-0.39, 0.29) is 11.9 Å². The summed E-state index contributed by atoms with van der Waals surface area (Å²) in [5.41, 5.74) is 1.06. The largest absolute Gasteiger partial charge is 0.491 e. The van der Waals surface area contributed by atoms with E-state index < -0.39 is 14.6 Å². The molecular weight excluding hydrogens is 350 g/mol. The Morgan fingerprint density at radius 1 is 1.38 bits per heavy atom. The molecule has 7 heteroatoms. The standard InChI is InChI=1S/C19H31N3O3S/c1-6-20-18(22-10-11-26(23,24)19(4,5)14-22)21-13-16-8-7-9-17(12-16)25-15(2)3/h7-9,12,15H,6,10-11,13-14H2,1-5H3,(H,20,21). The fourth-order valence-electron chi connectivity index (χ4n) is 2.91. The monoisotopic (exact) mass is 381 g/mol. The predicted octanol–water partition coefficient (Wildman–Crippen LogP) is 2.45. The molecule has 1 aromatic rings. The molecule has 0 aromatic heterocycles. The lowest BCUT2D eigenvalue weighted by atomic mass is 10.2. The number of aliphatic imine (C=N–C) groups is 1. The van der Waals surface area contributed by atoms with E-state index in [1.54, 1.807) is 13.8 Å². The minimum Gasteiger partial charge on any atom is -0.491 e. The maximum Gasteiger partial charge on any atom is 0.194 e. The molecule has 0 aliphatic carbocycles. The predicted molar refractivity (Wildman–Crippen MR) is 106 cm³/mol. The van der Waals surface area contributed by atoms with E-state index in [9.17, 15) is 8.42 Å². The molecule has 0 atom stereocenters. The van der Waals surface area contributed by atoms with Gasteiger partial charge in [-0.15, -0.1) is 0 Å². The van der Waals surface area contributed by atoms with Crippen LogP contribution < -0.4 is 10.1 Å². The molecule has 146 valence electrons. The molecule has 1 aliphatic rings. The van der Waals surface area contributed by atoms with Crippen LogP contribution in [0.4, 0.5) is 0 Å². The Kier molecular flexibility index (Phi) is 6.55. The quantitative estimate of drug-likeness (QED) is 0.627. The summed E-state index contributed by atoms with van der Waals surface area (Å²) in [4.78, 5) is 6.76. The first-order chi connectivity index (χ1) is 12.1. The fourth-order valence-corrected chi connectivity index (χ4v) is 4.27. The third kappa shape index (κ3) is 5.13. The van der Waals surface area contributed by atoms with Crippen molar-refractivity contribution in [1.82, 2.24) is 10.2 Å². The molecule has 1 saturated heterocycles. The Labute approximate surface area is 157 Å². The average Bonchev–Trinajstić information content (AvgIpc) is 2.54. The Morgan fingerprint density at radius 3 is 2.73 bits per heavy atom. The Morgan fingerprint density at radius 2 is 2.12 bits per heavy atom. The van der Waals surface area contributed by atoms with Gasteiger partial charge < -0.3 is 15.0 Å². The summed E-state index contributed by atoms with van der Waals surface area (Å²) in [6.07, 6.45) is 0.128. The summed E-state index contributed by atoms with van der Waals surface area (Å²) in [5, 5.41) is 3.28. The SMILES string of the molecule is CCNC(=NCc1cccc(OC(C)C)c1)N1CCS(=O)(=O)C(C)(C)C1. The smallest absolute Gasteiger partial charge is 0.194 e. The molecule has 0 bridgehead atoms. The summed E-state index contributed by atoms with van der Waals surface area (Å²) in [5.74, 6) is 1.75. The Hall–Kier alpha value is -1.76. The molecule has 1 heterocycles. The van der Waals surface area contributed by atoms with Crippen molar-refractivity contribution in [2.45, 2.75) is 52.0 Å². The molecule has 0 saturated carbocycles. The zero-order valence-corrected chi connectivity index (χ0v) is 17.3. The number of sulfone groups is 1. The van der Waals surface area contributed by atoms with Crippen LogP contribution in [0.15, 0.2) is 29.3 Å². The van der Waals surface area contributed by atoms with Crippen LogP contribution >= 0.6 is 0 Å². The van der Waals surface area contributed by atoms with E-state index in [1.165, 1.54) is 0 Å². The van der Waals surface area contributed by atoms with Gasteiger partial charge in [-0.3, -0.25) is 0 Å². The lowest BCUT2D eigenvalue weighted by Gasteiger charge is -2.39. The zero-order valence-electron chi connectivity index (χ0n) is 16.4. The molecule has 6 nitrogen and oxygen atoms in total. The highest BCUT2D eigenvalue weighted by atomic mass is 32.2. The van der Waals surface area contributed by atoms with Crippen molar-refractivity contribution in [3.05, 3.63) is 29.8 Å². The first-order valence-electron chi connectivity index (χ1n) is 9.16. The van der Waals surface area contributed by atoms with E-state index in [0.29, 0.717) is 19.6 Å². The molecule has 0 spiro atoms. The fraction of sp³-hybridized carbons (Fsp3) is 0.632. The summed E-state index contributed by atoms with van der Waals surface area (Å²) in [6, 6.07) is 7.92. The zero-order chi connectivity index (χ0) is 19.4. The second kappa shape index (κ2) is 8.29. The van der Waals surface area contributed by atoms with Gasteiger partial charge in [0.1, 0.15) is 5.75 Å². The second-order valence-electron chi connectivity index (χ2n) is 7.48. The van der Waals surface area contributed by atoms with Gasteiger partial charge >= 0.3 is 0 Å². The van der Waals surface area contributed by atoms with Gasteiger partial charge in [0.25, 0.3) is 0 Å². The molecule has 0 amide bonds. The molecule has 1 aromatic carbocycles. The van der Waals surface area contributed by atoms with Crippen molar-refractivity contribution in [2.24, 2.45) is 4.99 Å². The van der Waals surface area contributed by atoms with Crippen LogP contribution in [-0.2, 0) is 16.4 Å². The molecule has 0 radical (unpaired) electrons. The van der Waals surface area contributed by atoms with Gasteiger partial charge in [0.2, 0.25) is 0 Å². The maximum atomic E-state index is 12.2. The van der Waals surface area contributed by atoms with Gasteiger partial charge in [-0.25, -0.2) is 13.4 Å². The maximum absolute atomic E-state index is 12.2. The number of nitrogens with one attached hydrogen (secondary N) is 1. The number of rotatable bonds is 5. The van der Waals surface area contributed by atoms with Gasteiger partial charge in [0, 0.05) is 19.6 Å². The number of nitrogens with zero attached hydrogens (tertiary/aromatic N) is 2. The minimum absolute atomic E-state index is 0.128. The normalized spacial score (nSPS) is 19.5. The van der Waals surface area contributed by atoms with Crippen LogP contribution in [0.2, 0.25) is 0 Å². The van der Waals surface area contributed by atoms with Crippen LogP contribution in [0.25, 0.3) is 0 Å². The van der Waals surface area contributed by atoms with Gasteiger partial charge in [-0.05, 0) is 52.3 Å². The molecule has 0 unspecified atom stereocenters. The number of hydrogen-bond acceptors (Lipinski definition) is 4. The van der Waals surface area contributed by atoms with E-state index in [4.69, 9.17) is 9.73 Å². The summed E-state index contributed by atoms with van der Waals surface area (Å²) in [7, 11) is -3.07. The van der Waals surface area contributed by atoms with Gasteiger partial charge in [-0.2, -0.15) is 0 Å². The summed E-state index contributed by atoms with van der Waals surface area (Å²) < 4.78 is 29.4. The molecule has 1 N–H and O–H groups in total. The van der Waals surface area contributed by atoms with Gasteiger partial charge in [0.15, 0.2) is 15.8 Å². The molecular formula is C19H31N3O3S. The second-order valence-corrected chi connectivity index (χ2v) is 10.2. The summed E-state index contributed by atoms with van der Waals surface area (Å²) >= 11 is 0. The third-order valence-electron chi connectivity index (χ3n) is 4.36. The highest BCUT2D eigenvalue weighted by Gasteiger charge is 2.40. The van der Waals surface area contributed by atoms with Crippen LogP contribution in [0, 0.1) is 0 Å². The molecule has 1 aliphatic heterocycles. The van der Waals surface area contributed by atoms with Gasteiger partial charge in [-0.1, -0.05) is 12.1 Å². The number of hydrogen-bond donors (Lipinski definition) is 1. The molecule has 2 rings (SSSR count). The molecule has 26 heavy (non-hydrogen) atoms. The van der Waals surface area contributed by atoms with Crippen molar-refractivity contribution < 1.29 is 13.2 Å². The molecule has 1 fully saturated rings. The van der Waals surface area contributed by atoms with E-state index >= 15 is 0 Å². The topological polar surface area (TPSA) is 71.0 Å². The van der Waals surface area contributed by atoms with E-state index in [0.717, 1.165) is 23.8 Å². The van der Waals surface area contributed by atoms with Crippen molar-refractivity contribution in [3.63, 3.8) is 0 Å². The number of benzene rings is 1. The van der Waals surface area contributed by atoms with Crippen molar-refractivity contribution in [1.29, 1.82) is 0 Å². The lowest BCUT2D eigenvalue weighted by molar-refractivity contribution is 0.242.